The van der Waals surface area contributed by atoms with Crippen molar-refractivity contribution in [1.82, 2.24) is 5.32 Å². The number of nitrogens with two attached hydrogens (primary N) is 1. The zero-order valence-corrected chi connectivity index (χ0v) is 12.8. The minimum absolute atomic E-state index is 0.0517. The van der Waals surface area contributed by atoms with Crippen molar-refractivity contribution in [3.8, 4) is 0 Å². The summed E-state index contributed by atoms with van der Waals surface area (Å²) < 4.78 is 11.9. The molecule has 0 saturated carbocycles. The molecule has 1 aliphatic rings. The van der Waals surface area contributed by atoms with Crippen molar-refractivity contribution in [3.63, 3.8) is 0 Å². The van der Waals surface area contributed by atoms with Gasteiger partial charge in [0.15, 0.2) is 0 Å². The highest BCUT2D eigenvalue weighted by atomic mass is 35.5. The van der Waals surface area contributed by atoms with Crippen LogP contribution in [0.25, 0.3) is 0 Å². The minimum atomic E-state index is -1.19. The molecule has 1 heterocycles. The fraction of sp³-hybridized carbons (Fsp3) is 0.500. The predicted octanol–water partition coefficient (Wildman–Crippen LogP) is 1.27. The maximum atomic E-state index is 11.9. The normalized spacial score (nSPS) is 24.2. The molecule has 3 atom stereocenters. The number of carbonyl (C=O) groups excluding carboxylic acids is 1. The second-order valence-electron chi connectivity index (χ2n) is 5.13. The molecule has 0 bridgehead atoms. The summed E-state index contributed by atoms with van der Waals surface area (Å²) in [5.41, 5.74) is 6.32. The predicted molar refractivity (Wildman–Crippen MR) is 82.2 cm³/mol. The van der Waals surface area contributed by atoms with Gasteiger partial charge in [0, 0.05) is 21.6 Å². The van der Waals surface area contributed by atoms with E-state index in [1.54, 1.807) is 0 Å². The number of rotatable bonds is 5. The van der Waals surface area contributed by atoms with Gasteiger partial charge in [-0.25, -0.2) is 0 Å². The molecule has 6 heteroatoms. The Morgan fingerprint density at radius 3 is 2.75 bits per heavy atom. The number of hydrogen-bond acceptors (Lipinski definition) is 3. The summed E-state index contributed by atoms with van der Waals surface area (Å²) in [5.74, 6) is 0.554. The van der Waals surface area contributed by atoms with E-state index in [1.165, 1.54) is 5.56 Å². The van der Waals surface area contributed by atoms with E-state index < -0.39 is 16.7 Å². The number of nitrogens with one attached hydrogen (secondary N) is 1. The van der Waals surface area contributed by atoms with E-state index in [4.69, 9.17) is 17.3 Å². The van der Waals surface area contributed by atoms with E-state index in [0.29, 0.717) is 11.7 Å². The zero-order chi connectivity index (χ0) is 14.5. The Morgan fingerprint density at radius 2 is 2.10 bits per heavy atom. The number of carbonyl (C=O) groups is 1. The Kier molecular flexibility index (Phi) is 5.57. The van der Waals surface area contributed by atoms with Crippen molar-refractivity contribution in [2.45, 2.75) is 12.3 Å². The molecule has 0 aromatic heterocycles. The number of amides is 1. The summed E-state index contributed by atoms with van der Waals surface area (Å²) in [4.78, 5) is 10.8. The van der Waals surface area contributed by atoms with Crippen LogP contribution in [0.4, 0.5) is 0 Å². The molecule has 110 valence electrons. The molecular formula is C14H19ClN2O2S. The topological polar surface area (TPSA) is 72.2 Å². The van der Waals surface area contributed by atoms with Gasteiger partial charge in [-0.05, 0) is 49.0 Å². The Balaban J connectivity index is 2.07. The Bertz CT molecular complexity index is 492. The lowest BCUT2D eigenvalue weighted by Gasteiger charge is -2.32. The van der Waals surface area contributed by atoms with Crippen molar-refractivity contribution in [3.05, 3.63) is 34.9 Å². The third-order valence-corrected chi connectivity index (χ3v) is 5.27. The molecule has 20 heavy (non-hydrogen) atoms. The van der Waals surface area contributed by atoms with Crippen molar-refractivity contribution in [2.75, 3.05) is 24.6 Å². The van der Waals surface area contributed by atoms with Crippen LogP contribution in [-0.2, 0) is 15.6 Å². The summed E-state index contributed by atoms with van der Waals surface area (Å²) in [5, 5.41) is 4.05. The number of piperidine rings is 1. The molecule has 1 aliphatic heterocycles. The lowest BCUT2D eigenvalue weighted by atomic mass is 9.82. The standard InChI is InChI=1S/C14H19ClN2O2S/c15-12-3-1-10(2-4-12)13-5-6-17-7-11(13)8-20(19)9-14(16)18/h1-4,11,13,17H,5-9H2,(H2,16,18)/t11-,13-,20?/m1/s1. The van der Waals surface area contributed by atoms with Gasteiger partial charge in [-0.15, -0.1) is 0 Å². The SMILES string of the molecule is NC(=O)CS(=O)C[C@H]1CNCC[C@@H]1c1ccc(Cl)cc1. The molecule has 1 aromatic rings. The summed E-state index contributed by atoms with van der Waals surface area (Å²) in [7, 11) is -1.19. The Hall–Kier alpha value is -0.910. The van der Waals surface area contributed by atoms with Gasteiger partial charge in [0.05, 0.1) is 0 Å². The molecule has 2 rings (SSSR count). The van der Waals surface area contributed by atoms with E-state index in [9.17, 15) is 9.00 Å². The number of hydrogen-bond donors (Lipinski definition) is 2. The third-order valence-electron chi connectivity index (χ3n) is 3.61. The third kappa shape index (κ3) is 4.30. The van der Waals surface area contributed by atoms with E-state index in [0.717, 1.165) is 24.5 Å². The van der Waals surface area contributed by atoms with Gasteiger partial charge < -0.3 is 11.1 Å². The second kappa shape index (κ2) is 7.20. The Morgan fingerprint density at radius 1 is 1.40 bits per heavy atom. The minimum Gasteiger partial charge on any atom is -0.369 e. The first-order valence-electron chi connectivity index (χ1n) is 6.65. The van der Waals surface area contributed by atoms with Gasteiger partial charge in [0.1, 0.15) is 5.75 Å². The zero-order valence-electron chi connectivity index (χ0n) is 11.2. The van der Waals surface area contributed by atoms with Crippen molar-refractivity contribution in [2.24, 2.45) is 11.7 Å². The summed E-state index contributed by atoms with van der Waals surface area (Å²) in [6, 6.07) is 7.83. The maximum Gasteiger partial charge on any atom is 0.230 e. The highest BCUT2D eigenvalue weighted by molar-refractivity contribution is 7.85. The van der Waals surface area contributed by atoms with Gasteiger partial charge in [-0.2, -0.15) is 0 Å². The van der Waals surface area contributed by atoms with Gasteiger partial charge in [-0.3, -0.25) is 9.00 Å². The van der Waals surface area contributed by atoms with E-state index >= 15 is 0 Å². The molecule has 0 aliphatic carbocycles. The van der Waals surface area contributed by atoms with Gasteiger partial charge in [0.2, 0.25) is 5.91 Å². The maximum absolute atomic E-state index is 11.9. The van der Waals surface area contributed by atoms with Crippen LogP contribution in [0.2, 0.25) is 5.02 Å². The fourth-order valence-electron chi connectivity index (χ4n) is 2.70. The Labute approximate surface area is 126 Å². The first kappa shape index (κ1) is 15.5. The van der Waals surface area contributed by atoms with E-state index in [-0.39, 0.29) is 11.7 Å². The summed E-state index contributed by atoms with van der Waals surface area (Å²) in [6.45, 7) is 1.77. The van der Waals surface area contributed by atoms with Crippen LogP contribution in [0.5, 0.6) is 0 Å². The fourth-order valence-corrected chi connectivity index (χ4v) is 4.09. The first-order chi connectivity index (χ1) is 9.56. The molecule has 1 aromatic carbocycles. The average molecular weight is 315 g/mol. The first-order valence-corrected chi connectivity index (χ1v) is 8.52. The number of benzene rings is 1. The number of halogens is 1. The van der Waals surface area contributed by atoms with Crippen molar-refractivity contribution < 1.29 is 9.00 Å². The quantitative estimate of drug-likeness (QED) is 0.859. The molecular weight excluding hydrogens is 296 g/mol. The van der Waals surface area contributed by atoms with Crippen molar-refractivity contribution >= 4 is 28.3 Å². The van der Waals surface area contributed by atoms with Gasteiger partial charge in [-0.1, -0.05) is 23.7 Å². The van der Waals surface area contributed by atoms with E-state index in [1.807, 2.05) is 24.3 Å². The average Bonchev–Trinajstić information content (AvgIpc) is 2.39. The van der Waals surface area contributed by atoms with Crippen LogP contribution in [0.1, 0.15) is 17.9 Å². The highest BCUT2D eigenvalue weighted by Gasteiger charge is 2.28. The summed E-state index contributed by atoms with van der Waals surface area (Å²) >= 11 is 5.92. The smallest absolute Gasteiger partial charge is 0.230 e. The number of primary amides is 1. The second-order valence-corrected chi connectivity index (χ2v) is 7.07. The van der Waals surface area contributed by atoms with Crippen LogP contribution in [0.3, 0.4) is 0 Å². The molecule has 0 radical (unpaired) electrons. The van der Waals surface area contributed by atoms with Crippen molar-refractivity contribution in [1.29, 1.82) is 0 Å². The summed E-state index contributed by atoms with van der Waals surface area (Å²) in [6.07, 6.45) is 1.00. The lowest BCUT2D eigenvalue weighted by Crippen LogP contribution is -2.39. The van der Waals surface area contributed by atoms with Crippen LogP contribution < -0.4 is 11.1 Å². The van der Waals surface area contributed by atoms with Crippen LogP contribution in [0.15, 0.2) is 24.3 Å². The highest BCUT2D eigenvalue weighted by Crippen LogP contribution is 2.31. The van der Waals surface area contributed by atoms with E-state index in [2.05, 4.69) is 5.32 Å². The van der Waals surface area contributed by atoms with Crippen LogP contribution in [0, 0.1) is 5.92 Å². The molecule has 1 saturated heterocycles. The van der Waals surface area contributed by atoms with Gasteiger partial charge in [0.25, 0.3) is 0 Å². The van der Waals surface area contributed by atoms with Gasteiger partial charge >= 0.3 is 0 Å². The van der Waals surface area contributed by atoms with Crippen LogP contribution in [-0.4, -0.2) is 34.7 Å². The molecule has 1 fully saturated rings. The molecule has 0 spiro atoms. The molecule has 3 N–H and O–H groups in total. The largest absolute Gasteiger partial charge is 0.369 e. The monoisotopic (exact) mass is 314 g/mol. The molecule has 1 amide bonds. The van der Waals surface area contributed by atoms with Crippen LogP contribution >= 0.6 is 11.6 Å². The lowest BCUT2D eigenvalue weighted by molar-refractivity contribution is -0.115. The molecule has 4 nitrogen and oxygen atoms in total. The molecule has 1 unspecified atom stereocenters.